The van der Waals surface area contributed by atoms with E-state index >= 15 is 0 Å². The number of esters is 1. The van der Waals surface area contributed by atoms with Crippen molar-refractivity contribution in [2.45, 2.75) is 0 Å². The molecule has 0 aromatic heterocycles. The van der Waals surface area contributed by atoms with Crippen LogP contribution in [0.15, 0.2) is 11.8 Å². The van der Waals surface area contributed by atoms with Gasteiger partial charge in [-0.3, -0.25) is 0 Å². The number of hydrogen-bond acceptors (Lipinski definition) is 3. The molecule has 3 nitrogen and oxygen atoms in total. The van der Waals surface area contributed by atoms with Crippen molar-refractivity contribution in [3.63, 3.8) is 0 Å². The van der Waals surface area contributed by atoms with Crippen molar-refractivity contribution in [3.8, 4) is 12.3 Å². The average Bonchev–Trinajstić information content (AvgIpc) is 1.87. The summed E-state index contributed by atoms with van der Waals surface area (Å²) in [5.41, 5.74) is 5.03. The number of carbonyl (C=O) groups excluding carboxylic acids is 1. The molecule has 0 atom stereocenters. The summed E-state index contributed by atoms with van der Waals surface area (Å²) in [5.74, 6) is 1.49. The van der Waals surface area contributed by atoms with Crippen molar-refractivity contribution in [1.82, 2.24) is 0 Å². The van der Waals surface area contributed by atoms with Gasteiger partial charge in [-0.15, -0.1) is 18.8 Å². The van der Waals surface area contributed by atoms with E-state index in [4.69, 9.17) is 12.2 Å². The highest BCUT2D eigenvalue weighted by molar-refractivity contribution is 5.87. The van der Waals surface area contributed by atoms with E-state index in [1.54, 1.807) is 0 Å². The summed E-state index contributed by atoms with van der Waals surface area (Å²) in [6, 6.07) is 0. The molecule has 0 aliphatic heterocycles. The van der Waals surface area contributed by atoms with Crippen LogP contribution in [-0.4, -0.2) is 13.1 Å². The lowest BCUT2D eigenvalue weighted by Crippen LogP contribution is -2.12. The Balaban J connectivity index is 0. The summed E-state index contributed by atoms with van der Waals surface area (Å²) in [6.45, 7) is 0. The van der Waals surface area contributed by atoms with E-state index in [2.05, 4.69) is 10.7 Å². The topological polar surface area (TPSA) is 52.3 Å². The Bertz CT molecular complexity index is 181. The third-order valence-corrected chi connectivity index (χ3v) is 0.660. The predicted molar refractivity (Wildman–Crippen MR) is 40.4 cm³/mol. The SMILES string of the molecule is C#CC=C(N)C(=O)OC.Cl. The molecular weight excluding hydrogens is 154 g/mol. The van der Waals surface area contributed by atoms with Crippen LogP contribution in [0.1, 0.15) is 0 Å². The van der Waals surface area contributed by atoms with Crippen LogP contribution in [0.5, 0.6) is 0 Å². The number of halogens is 1. The Kier molecular flexibility index (Phi) is 6.96. The molecule has 2 N–H and O–H groups in total. The van der Waals surface area contributed by atoms with Gasteiger partial charge in [-0.25, -0.2) is 4.79 Å². The largest absolute Gasteiger partial charge is 0.464 e. The summed E-state index contributed by atoms with van der Waals surface area (Å²) >= 11 is 0. The van der Waals surface area contributed by atoms with Crippen LogP contribution in [0.2, 0.25) is 0 Å². The third-order valence-electron chi connectivity index (χ3n) is 0.660. The van der Waals surface area contributed by atoms with Crippen molar-refractivity contribution in [1.29, 1.82) is 0 Å². The van der Waals surface area contributed by atoms with Gasteiger partial charge in [0, 0.05) is 6.08 Å². The molecule has 0 aliphatic carbocycles. The van der Waals surface area contributed by atoms with Crippen LogP contribution in [0.25, 0.3) is 0 Å². The van der Waals surface area contributed by atoms with Crippen LogP contribution in [0, 0.1) is 12.3 Å². The zero-order chi connectivity index (χ0) is 7.28. The Morgan fingerprint density at radius 2 is 2.30 bits per heavy atom. The van der Waals surface area contributed by atoms with Crippen LogP contribution in [-0.2, 0) is 9.53 Å². The molecule has 0 spiro atoms. The van der Waals surface area contributed by atoms with Gasteiger partial charge in [-0.1, -0.05) is 5.92 Å². The van der Waals surface area contributed by atoms with Gasteiger partial charge >= 0.3 is 5.97 Å². The van der Waals surface area contributed by atoms with Gasteiger partial charge in [0.1, 0.15) is 5.70 Å². The maximum absolute atomic E-state index is 10.4. The van der Waals surface area contributed by atoms with Crippen molar-refractivity contribution < 1.29 is 9.53 Å². The first-order chi connectivity index (χ1) is 4.22. The number of carbonyl (C=O) groups is 1. The predicted octanol–water partition coefficient (Wildman–Crippen LogP) is 0.0570. The van der Waals surface area contributed by atoms with Gasteiger partial charge < -0.3 is 10.5 Å². The fourth-order valence-electron chi connectivity index (χ4n) is 0.267. The van der Waals surface area contributed by atoms with Crippen LogP contribution >= 0.6 is 12.4 Å². The molecule has 0 saturated heterocycles. The van der Waals surface area contributed by atoms with Crippen molar-refractivity contribution in [2.24, 2.45) is 5.73 Å². The summed E-state index contributed by atoms with van der Waals surface area (Å²) in [7, 11) is 1.24. The van der Waals surface area contributed by atoms with Gasteiger partial charge in [0.05, 0.1) is 7.11 Å². The van der Waals surface area contributed by atoms with Crippen LogP contribution in [0.4, 0.5) is 0 Å². The molecule has 0 rings (SSSR count). The van der Waals surface area contributed by atoms with E-state index in [-0.39, 0.29) is 18.1 Å². The first-order valence-corrected chi connectivity index (χ1v) is 2.22. The van der Waals surface area contributed by atoms with Gasteiger partial charge in [-0.05, 0) is 0 Å². The number of rotatable bonds is 1. The lowest BCUT2D eigenvalue weighted by molar-refractivity contribution is -0.136. The van der Waals surface area contributed by atoms with Crippen molar-refractivity contribution in [2.75, 3.05) is 7.11 Å². The molecule has 0 bridgehead atoms. The Labute approximate surface area is 65.6 Å². The molecule has 0 saturated carbocycles. The normalized spacial score (nSPS) is 9.00. The highest BCUT2D eigenvalue weighted by Gasteiger charge is 2.00. The zero-order valence-electron chi connectivity index (χ0n) is 5.46. The highest BCUT2D eigenvalue weighted by Crippen LogP contribution is 1.84. The molecule has 4 heteroatoms. The average molecular weight is 162 g/mol. The summed E-state index contributed by atoms with van der Waals surface area (Å²) in [5, 5.41) is 0. The number of methoxy groups -OCH3 is 1. The van der Waals surface area contributed by atoms with Gasteiger partial charge in [0.15, 0.2) is 0 Å². The first-order valence-electron chi connectivity index (χ1n) is 2.22. The Morgan fingerprint density at radius 3 is 2.60 bits per heavy atom. The van der Waals surface area contributed by atoms with E-state index < -0.39 is 5.97 Å². The minimum absolute atomic E-state index is 0. The molecule has 0 unspecified atom stereocenters. The lowest BCUT2D eigenvalue weighted by atomic mass is 10.4. The number of terminal acetylenes is 1. The second-order valence-electron chi connectivity index (χ2n) is 1.26. The molecule has 0 aromatic rings. The molecule has 0 aromatic carbocycles. The Hall–Kier alpha value is -1.14. The summed E-state index contributed by atoms with van der Waals surface area (Å²) in [6.07, 6.45) is 5.95. The fourth-order valence-corrected chi connectivity index (χ4v) is 0.267. The van der Waals surface area contributed by atoms with Gasteiger partial charge in [0.25, 0.3) is 0 Å². The van der Waals surface area contributed by atoms with E-state index in [1.807, 2.05) is 0 Å². The monoisotopic (exact) mass is 161 g/mol. The van der Waals surface area contributed by atoms with Gasteiger partial charge in [0.2, 0.25) is 0 Å². The standard InChI is InChI=1S/C6H7NO2.ClH/c1-3-4-5(7)6(8)9-2;/h1,4H,7H2,2H3;1H. The first kappa shape index (κ1) is 11.6. The van der Waals surface area contributed by atoms with Crippen LogP contribution < -0.4 is 5.73 Å². The molecular formula is C6H8ClNO2. The molecule has 0 amide bonds. The summed E-state index contributed by atoms with van der Waals surface area (Å²) in [4.78, 5) is 10.4. The molecule has 56 valence electrons. The van der Waals surface area contributed by atoms with Crippen molar-refractivity contribution >= 4 is 18.4 Å². The maximum Gasteiger partial charge on any atom is 0.354 e. The lowest BCUT2D eigenvalue weighted by Gasteiger charge is -1.93. The minimum atomic E-state index is -0.604. The quantitative estimate of drug-likeness (QED) is 0.336. The number of nitrogens with two attached hydrogens (primary N) is 1. The zero-order valence-corrected chi connectivity index (χ0v) is 6.27. The number of hydrogen-bond donors (Lipinski definition) is 1. The second-order valence-corrected chi connectivity index (χ2v) is 1.26. The number of ether oxygens (including phenoxy) is 1. The molecule has 10 heavy (non-hydrogen) atoms. The van der Waals surface area contributed by atoms with Crippen LogP contribution in [0.3, 0.4) is 0 Å². The molecule has 0 aliphatic rings. The van der Waals surface area contributed by atoms with Gasteiger partial charge in [-0.2, -0.15) is 0 Å². The Morgan fingerprint density at radius 1 is 1.80 bits per heavy atom. The molecule has 0 heterocycles. The smallest absolute Gasteiger partial charge is 0.354 e. The van der Waals surface area contributed by atoms with E-state index in [1.165, 1.54) is 7.11 Å². The third kappa shape index (κ3) is 3.81. The van der Waals surface area contributed by atoms with E-state index in [9.17, 15) is 4.79 Å². The van der Waals surface area contributed by atoms with E-state index in [0.29, 0.717) is 0 Å². The number of allylic oxidation sites excluding steroid dienone is 1. The minimum Gasteiger partial charge on any atom is -0.464 e. The molecule has 0 radical (unpaired) electrons. The molecule has 0 fully saturated rings. The van der Waals surface area contributed by atoms with E-state index in [0.717, 1.165) is 6.08 Å². The maximum atomic E-state index is 10.4. The second kappa shape index (κ2) is 5.99. The fraction of sp³-hybridized carbons (Fsp3) is 0.167. The van der Waals surface area contributed by atoms with Crippen molar-refractivity contribution in [3.05, 3.63) is 11.8 Å². The highest BCUT2D eigenvalue weighted by atomic mass is 35.5. The summed E-state index contributed by atoms with van der Waals surface area (Å²) < 4.78 is 4.24.